The van der Waals surface area contributed by atoms with E-state index in [1.807, 2.05) is 11.3 Å². The fourth-order valence-electron chi connectivity index (χ4n) is 4.90. The van der Waals surface area contributed by atoms with Crippen molar-refractivity contribution in [2.75, 3.05) is 26.2 Å². The molecule has 3 heteroatoms. The number of likely N-dealkylation sites (tertiary alicyclic amines) is 1. The summed E-state index contributed by atoms with van der Waals surface area (Å²) < 4.78 is 0. The van der Waals surface area contributed by atoms with Crippen LogP contribution in [-0.4, -0.2) is 37.1 Å². The normalized spacial score (nSPS) is 33.5. The van der Waals surface area contributed by atoms with Gasteiger partial charge in [0, 0.05) is 24.0 Å². The maximum atomic E-state index is 3.73. The average molecular weight is 319 g/mol. The van der Waals surface area contributed by atoms with Crippen molar-refractivity contribution >= 4 is 11.3 Å². The Balaban J connectivity index is 1.39. The standard InChI is InChI=1S/C19H30N2S/c1-2-5-15(17-9-12-22-19(17)7-3-1)13-21-11-8-16(14-21)18-6-4-10-20-18/h9,12,15-16,18,20H,1-8,10-11,13-14H2. The van der Waals surface area contributed by atoms with Crippen molar-refractivity contribution in [3.05, 3.63) is 21.9 Å². The van der Waals surface area contributed by atoms with Gasteiger partial charge in [-0.15, -0.1) is 11.3 Å². The van der Waals surface area contributed by atoms with E-state index in [0.29, 0.717) is 0 Å². The van der Waals surface area contributed by atoms with E-state index < -0.39 is 0 Å². The van der Waals surface area contributed by atoms with Gasteiger partial charge in [-0.3, -0.25) is 0 Å². The molecule has 2 aliphatic heterocycles. The van der Waals surface area contributed by atoms with Gasteiger partial charge in [0.25, 0.3) is 0 Å². The molecule has 1 N–H and O–H groups in total. The third-order valence-corrected chi connectivity index (χ3v) is 7.13. The second-order valence-corrected chi connectivity index (χ2v) is 8.61. The minimum atomic E-state index is 0.803. The summed E-state index contributed by atoms with van der Waals surface area (Å²) in [5.74, 6) is 1.72. The molecule has 0 amide bonds. The van der Waals surface area contributed by atoms with Crippen molar-refractivity contribution in [1.82, 2.24) is 10.2 Å². The van der Waals surface area contributed by atoms with Crippen molar-refractivity contribution in [3.8, 4) is 0 Å². The molecule has 2 saturated heterocycles. The van der Waals surface area contributed by atoms with Gasteiger partial charge in [-0.05, 0) is 80.5 Å². The molecule has 0 aromatic carbocycles. The Morgan fingerprint density at radius 2 is 2.14 bits per heavy atom. The van der Waals surface area contributed by atoms with E-state index in [4.69, 9.17) is 0 Å². The smallest absolute Gasteiger partial charge is 0.0108 e. The summed E-state index contributed by atoms with van der Waals surface area (Å²) in [5.41, 5.74) is 1.70. The first-order valence-electron chi connectivity index (χ1n) is 9.42. The fourth-order valence-corrected chi connectivity index (χ4v) is 5.91. The Morgan fingerprint density at radius 3 is 3.05 bits per heavy atom. The molecule has 3 heterocycles. The second-order valence-electron chi connectivity index (χ2n) is 7.61. The van der Waals surface area contributed by atoms with E-state index in [1.54, 1.807) is 10.4 Å². The van der Waals surface area contributed by atoms with Crippen LogP contribution in [0.25, 0.3) is 0 Å². The predicted molar refractivity (Wildman–Crippen MR) is 94.8 cm³/mol. The number of aryl methyl sites for hydroxylation is 1. The van der Waals surface area contributed by atoms with Crippen molar-refractivity contribution in [2.24, 2.45) is 5.92 Å². The summed E-state index contributed by atoms with van der Waals surface area (Å²) >= 11 is 2.00. The van der Waals surface area contributed by atoms with Crippen LogP contribution in [0.4, 0.5) is 0 Å². The number of fused-ring (bicyclic) bond motifs is 1. The zero-order valence-corrected chi connectivity index (χ0v) is 14.5. The molecule has 4 rings (SSSR count). The first kappa shape index (κ1) is 15.2. The average Bonchev–Trinajstić information content (AvgIpc) is 3.23. The number of thiophene rings is 1. The van der Waals surface area contributed by atoms with E-state index in [0.717, 1.165) is 17.9 Å². The highest BCUT2D eigenvalue weighted by atomic mass is 32.1. The van der Waals surface area contributed by atoms with Crippen LogP contribution in [0.5, 0.6) is 0 Å². The van der Waals surface area contributed by atoms with Crippen molar-refractivity contribution in [2.45, 2.75) is 63.3 Å². The maximum absolute atomic E-state index is 3.73. The highest BCUT2D eigenvalue weighted by Crippen LogP contribution is 2.35. The Hall–Kier alpha value is -0.380. The van der Waals surface area contributed by atoms with Crippen LogP contribution in [0, 0.1) is 5.92 Å². The lowest BCUT2D eigenvalue weighted by molar-refractivity contribution is 0.280. The first-order valence-corrected chi connectivity index (χ1v) is 10.3. The minimum absolute atomic E-state index is 0.803. The van der Waals surface area contributed by atoms with Gasteiger partial charge in [-0.2, -0.15) is 0 Å². The van der Waals surface area contributed by atoms with E-state index >= 15 is 0 Å². The third kappa shape index (κ3) is 3.27. The molecule has 1 aromatic heterocycles. The van der Waals surface area contributed by atoms with Gasteiger partial charge >= 0.3 is 0 Å². The lowest BCUT2D eigenvalue weighted by Crippen LogP contribution is -2.34. The Labute approximate surface area is 139 Å². The molecule has 3 aliphatic rings. The fraction of sp³-hybridized carbons (Fsp3) is 0.789. The van der Waals surface area contributed by atoms with Crippen LogP contribution in [0.15, 0.2) is 11.4 Å². The molecule has 1 aromatic rings. The molecular weight excluding hydrogens is 288 g/mol. The van der Waals surface area contributed by atoms with Crippen molar-refractivity contribution < 1.29 is 0 Å². The monoisotopic (exact) mass is 318 g/mol. The predicted octanol–water partition coefficient (Wildman–Crippen LogP) is 4.02. The highest BCUT2D eigenvalue weighted by Gasteiger charge is 2.32. The van der Waals surface area contributed by atoms with Gasteiger partial charge < -0.3 is 10.2 Å². The molecule has 3 unspecified atom stereocenters. The minimum Gasteiger partial charge on any atom is -0.314 e. The van der Waals surface area contributed by atoms with Gasteiger partial charge in [-0.25, -0.2) is 0 Å². The summed E-state index contributed by atoms with van der Waals surface area (Å²) in [6, 6.07) is 3.25. The lowest BCUT2D eigenvalue weighted by atomic mass is 9.89. The second kappa shape index (κ2) is 7.02. The SMILES string of the molecule is c1cc2c(s1)CCCCCC2CN1CCC(C2CCCN2)C1. The Morgan fingerprint density at radius 1 is 1.14 bits per heavy atom. The number of nitrogens with zero attached hydrogens (tertiary/aromatic N) is 1. The number of hydrogen-bond donors (Lipinski definition) is 1. The molecule has 0 bridgehead atoms. The Kier molecular flexibility index (Phi) is 4.84. The van der Waals surface area contributed by atoms with Crippen LogP contribution in [-0.2, 0) is 6.42 Å². The number of hydrogen-bond acceptors (Lipinski definition) is 3. The van der Waals surface area contributed by atoms with E-state index in [2.05, 4.69) is 21.7 Å². The molecule has 2 fully saturated rings. The summed E-state index contributed by atoms with van der Waals surface area (Å²) in [5, 5.41) is 6.06. The molecular formula is C19H30N2S. The van der Waals surface area contributed by atoms with Crippen LogP contribution in [0.1, 0.15) is 61.3 Å². The lowest BCUT2D eigenvalue weighted by Gasteiger charge is -2.26. The van der Waals surface area contributed by atoms with Crippen LogP contribution >= 0.6 is 11.3 Å². The molecule has 2 nitrogen and oxygen atoms in total. The zero-order chi connectivity index (χ0) is 14.8. The number of nitrogens with one attached hydrogen (secondary N) is 1. The summed E-state index contributed by atoms with van der Waals surface area (Å²) in [6.45, 7) is 5.24. The summed E-state index contributed by atoms with van der Waals surface area (Å²) in [7, 11) is 0. The zero-order valence-electron chi connectivity index (χ0n) is 13.7. The van der Waals surface area contributed by atoms with Crippen molar-refractivity contribution in [3.63, 3.8) is 0 Å². The van der Waals surface area contributed by atoms with E-state index in [-0.39, 0.29) is 0 Å². The van der Waals surface area contributed by atoms with Crippen molar-refractivity contribution in [1.29, 1.82) is 0 Å². The topological polar surface area (TPSA) is 15.3 Å². The molecule has 1 aliphatic carbocycles. The highest BCUT2D eigenvalue weighted by molar-refractivity contribution is 7.10. The largest absolute Gasteiger partial charge is 0.314 e. The van der Waals surface area contributed by atoms with Crippen LogP contribution in [0.3, 0.4) is 0 Å². The quantitative estimate of drug-likeness (QED) is 0.905. The van der Waals surface area contributed by atoms with Gasteiger partial charge in [0.2, 0.25) is 0 Å². The summed E-state index contributed by atoms with van der Waals surface area (Å²) in [4.78, 5) is 4.47. The number of rotatable bonds is 3. The van der Waals surface area contributed by atoms with E-state index in [9.17, 15) is 0 Å². The molecule has 3 atom stereocenters. The molecule has 122 valence electrons. The van der Waals surface area contributed by atoms with Crippen LogP contribution < -0.4 is 5.32 Å². The molecule has 0 saturated carbocycles. The third-order valence-electron chi connectivity index (χ3n) is 6.13. The maximum Gasteiger partial charge on any atom is 0.0108 e. The van der Waals surface area contributed by atoms with Gasteiger partial charge in [0.05, 0.1) is 0 Å². The van der Waals surface area contributed by atoms with Gasteiger partial charge in [-0.1, -0.05) is 12.8 Å². The van der Waals surface area contributed by atoms with Crippen LogP contribution in [0.2, 0.25) is 0 Å². The van der Waals surface area contributed by atoms with Gasteiger partial charge in [0.1, 0.15) is 0 Å². The molecule has 0 spiro atoms. The molecule has 0 radical (unpaired) electrons. The summed E-state index contributed by atoms with van der Waals surface area (Å²) in [6.07, 6.45) is 11.2. The molecule has 22 heavy (non-hydrogen) atoms. The van der Waals surface area contributed by atoms with E-state index in [1.165, 1.54) is 77.5 Å². The Bertz CT molecular complexity index is 478. The first-order chi connectivity index (χ1) is 10.9. The van der Waals surface area contributed by atoms with Gasteiger partial charge in [0.15, 0.2) is 0 Å².